The van der Waals surface area contributed by atoms with E-state index in [1.807, 2.05) is 27.7 Å². The number of oxime groups is 2. The standard InChI is InChI=1S/C4H9NO.2C3H7NO.C3H6O2.C2H6/c1-4(2)5-6-3;1-3-4-5-2;1-3(5)4-2;1-3(4)5-2;1-2/h1-3H3;3H,1-2H3;1-2H3,(H,4,5);1-2H3;1-2H3. The number of hydrogen-bond donors (Lipinski definition) is 1. The molecular weight excluding hydrogens is 302 g/mol. The second kappa shape index (κ2) is 36.8. The molecular formula is C15H35N3O5. The van der Waals surface area contributed by atoms with E-state index in [2.05, 4.69) is 30.0 Å². The van der Waals surface area contributed by atoms with E-state index in [0.717, 1.165) is 5.71 Å². The van der Waals surface area contributed by atoms with Crippen LogP contribution >= 0.6 is 0 Å². The highest BCUT2D eigenvalue weighted by Crippen LogP contribution is 1.71. The largest absolute Gasteiger partial charge is 0.469 e. The molecule has 1 amide bonds. The van der Waals surface area contributed by atoms with Gasteiger partial charge in [-0.1, -0.05) is 19.0 Å². The van der Waals surface area contributed by atoms with Crippen LogP contribution in [-0.2, 0) is 24.0 Å². The fraction of sp³-hybridized carbons (Fsp3) is 0.733. The summed E-state index contributed by atoms with van der Waals surface area (Å²) in [6.07, 6.45) is 1.58. The number of nitrogens with one attached hydrogen (secondary N) is 1. The van der Waals surface area contributed by atoms with Crippen LogP contribution < -0.4 is 5.32 Å². The van der Waals surface area contributed by atoms with Crippen molar-refractivity contribution in [2.45, 2.75) is 48.5 Å². The average Bonchev–Trinajstić information content (AvgIpc) is 2.51. The molecule has 0 aromatic heterocycles. The van der Waals surface area contributed by atoms with Crippen LogP contribution in [0.4, 0.5) is 0 Å². The molecule has 0 saturated carbocycles. The number of nitrogens with zero attached hydrogens (tertiary/aromatic N) is 2. The lowest BCUT2D eigenvalue weighted by molar-refractivity contribution is -0.137. The quantitative estimate of drug-likeness (QED) is 0.474. The number of hydrogen-bond acceptors (Lipinski definition) is 7. The van der Waals surface area contributed by atoms with Crippen molar-refractivity contribution in [2.24, 2.45) is 10.3 Å². The van der Waals surface area contributed by atoms with Crippen molar-refractivity contribution >= 4 is 23.8 Å². The van der Waals surface area contributed by atoms with Crippen LogP contribution in [0.1, 0.15) is 48.5 Å². The molecule has 0 saturated heterocycles. The van der Waals surface area contributed by atoms with Crippen LogP contribution in [0.5, 0.6) is 0 Å². The SMILES string of the molecule is CC.CC=NOC.CNC(C)=O.COC(C)=O.CON=C(C)C. The van der Waals surface area contributed by atoms with Crippen LogP contribution in [0.15, 0.2) is 10.3 Å². The Kier molecular flexibility index (Phi) is 52.3. The van der Waals surface area contributed by atoms with Crippen LogP contribution in [0.3, 0.4) is 0 Å². The molecule has 0 bridgehead atoms. The van der Waals surface area contributed by atoms with E-state index in [4.69, 9.17) is 0 Å². The molecule has 0 atom stereocenters. The average molecular weight is 337 g/mol. The van der Waals surface area contributed by atoms with Gasteiger partial charge in [-0.2, -0.15) is 0 Å². The lowest BCUT2D eigenvalue weighted by Gasteiger charge is -1.83. The summed E-state index contributed by atoms with van der Waals surface area (Å²) < 4.78 is 4.11. The van der Waals surface area contributed by atoms with Crippen LogP contribution in [-0.4, -0.2) is 52.2 Å². The molecule has 0 aromatic carbocycles. The first kappa shape index (κ1) is 32.7. The Hall–Kier alpha value is -2.12. The number of carbonyl (C=O) groups is 2. The summed E-state index contributed by atoms with van der Waals surface area (Å²) in [5, 5.41) is 9.28. The van der Waals surface area contributed by atoms with Gasteiger partial charge in [0.2, 0.25) is 5.91 Å². The van der Waals surface area contributed by atoms with Crippen molar-refractivity contribution < 1.29 is 24.0 Å². The van der Waals surface area contributed by atoms with Gasteiger partial charge in [-0.05, 0) is 20.8 Å². The van der Waals surface area contributed by atoms with Gasteiger partial charge in [-0.25, -0.2) is 0 Å². The Morgan fingerprint density at radius 3 is 1.30 bits per heavy atom. The Morgan fingerprint density at radius 2 is 1.30 bits per heavy atom. The van der Waals surface area contributed by atoms with E-state index in [-0.39, 0.29) is 11.9 Å². The summed E-state index contributed by atoms with van der Waals surface area (Å²) in [6.45, 7) is 12.4. The number of methoxy groups -OCH3 is 1. The lowest BCUT2D eigenvalue weighted by atomic mass is 10.5. The lowest BCUT2D eigenvalue weighted by Crippen LogP contribution is -2.11. The molecule has 1 N–H and O–H groups in total. The predicted octanol–water partition coefficient (Wildman–Crippen LogP) is 2.62. The van der Waals surface area contributed by atoms with E-state index in [1.54, 1.807) is 20.2 Å². The van der Waals surface area contributed by atoms with Crippen LogP contribution in [0.2, 0.25) is 0 Å². The van der Waals surface area contributed by atoms with E-state index in [1.165, 1.54) is 35.2 Å². The molecule has 0 radical (unpaired) electrons. The van der Waals surface area contributed by atoms with Gasteiger partial charge in [0.15, 0.2) is 0 Å². The summed E-state index contributed by atoms with van der Waals surface area (Å²) in [6, 6.07) is 0. The fourth-order valence-electron chi connectivity index (χ4n) is 0.288. The summed E-state index contributed by atoms with van der Waals surface area (Å²) in [7, 11) is 6.00. The molecule has 0 heterocycles. The van der Waals surface area contributed by atoms with Gasteiger partial charge in [0.05, 0.1) is 12.8 Å². The van der Waals surface area contributed by atoms with E-state index in [9.17, 15) is 9.59 Å². The molecule has 0 aliphatic heterocycles. The van der Waals surface area contributed by atoms with Crippen LogP contribution in [0.25, 0.3) is 0 Å². The second-order valence-electron chi connectivity index (χ2n) is 3.27. The minimum Gasteiger partial charge on any atom is -0.469 e. The highest BCUT2D eigenvalue weighted by atomic mass is 16.6. The van der Waals surface area contributed by atoms with Gasteiger partial charge >= 0.3 is 5.97 Å². The van der Waals surface area contributed by atoms with Crippen molar-refractivity contribution in [3.63, 3.8) is 0 Å². The smallest absolute Gasteiger partial charge is 0.302 e. The maximum atomic E-state index is 9.70. The fourth-order valence-corrected chi connectivity index (χ4v) is 0.288. The van der Waals surface area contributed by atoms with Gasteiger partial charge in [-0.15, -0.1) is 5.16 Å². The Labute approximate surface area is 141 Å². The third kappa shape index (κ3) is 134. The van der Waals surface area contributed by atoms with Gasteiger partial charge < -0.3 is 19.7 Å². The first-order chi connectivity index (χ1) is 10.7. The summed E-state index contributed by atoms with van der Waals surface area (Å²) in [5.74, 6) is -0.241. The van der Waals surface area contributed by atoms with Crippen molar-refractivity contribution in [1.82, 2.24) is 5.32 Å². The number of esters is 1. The zero-order chi connectivity index (χ0) is 19.7. The molecule has 8 nitrogen and oxygen atoms in total. The predicted molar refractivity (Wildman–Crippen MR) is 95.7 cm³/mol. The third-order valence-electron chi connectivity index (χ3n) is 1.12. The number of ether oxygens (including phenoxy) is 1. The summed E-state index contributed by atoms with van der Waals surface area (Å²) in [4.78, 5) is 27.9. The third-order valence-corrected chi connectivity index (χ3v) is 1.12. The zero-order valence-electron chi connectivity index (χ0n) is 16.5. The van der Waals surface area contributed by atoms with E-state index >= 15 is 0 Å². The van der Waals surface area contributed by atoms with Crippen LogP contribution in [0, 0.1) is 0 Å². The molecule has 140 valence electrons. The molecule has 0 unspecified atom stereocenters. The summed E-state index contributed by atoms with van der Waals surface area (Å²) >= 11 is 0. The molecule has 0 aliphatic rings. The minimum absolute atomic E-state index is 0.00463. The molecule has 8 heteroatoms. The Morgan fingerprint density at radius 1 is 0.957 bits per heavy atom. The van der Waals surface area contributed by atoms with Crippen molar-refractivity contribution in [2.75, 3.05) is 28.4 Å². The first-order valence-electron chi connectivity index (χ1n) is 7.01. The maximum Gasteiger partial charge on any atom is 0.302 e. The second-order valence-corrected chi connectivity index (χ2v) is 3.27. The number of rotatable bonds is 2. The highest BCUT2D eigenvalue weighted by molar-refractivity contribution is 5.78. The Bertz CT molecular complexity index is 275. The van der Waals surface area contributed by atoms with E-state index < -0.39 is 0 Å². The van der Waals surface area contributed by atoms with Gasteiger partial charge in [0.25, 0.3) is 0 Å². The number of amides is 1. The molecule has 0 fully saturated rings. The zero-order valence-corrected chi connectivity index (χ0v) is 16.5. The first-order valence-corrected chi connectivity index (χ1v) is 7.01. The Balaban J connectivity index is -0.0000000605. The summed E-state index contributed by atoms with van der Waals surface area (Å²) in [5.41, 5.74) is 0.942. The normalized spacial score (nSPS) is 7.09. The van der Waals surface area contributed by atoms with Gasteiger partial charge in [-0.3, -0.25) is 9.59 Å². The van der Waals surface area contributed by atoms with Gasteiger partial charge in [0, 0.05) is 27.1 Å². The molecule has 0 rings (SSSR count). The number of carbonyl (C=O) groups excluding carboxylic acids is 2. The van der Waals surface area contributed by atoms with Gasteiger partial charge in [0.1, 0.15) is 14.2 Å². The van der Waals surface area contributed by atoms with Crippen molar-refractivity contribution in [3.8, 4) is 0 Å². The van der Waals surface area contributed by atoms with Crippen molar-refractivity contribution in [3.05, 3.63) is 0 Å². The monoisotopic (exact) mass is 337 g/mol. The molecule has 0 spiro atoms. The molecule has 23 heavy (non-hydrogen) atoms. The maximum absolute atomic E-state index is 9.70. The minimum atomic E-state index is -0.245. The van der Waals surface area contributed by atoms with E-state index in [0.29, 0.717) is 0 Å². The molecule has 0 aromatic rings. The van der Waals surface area contributed by atoms with Crippen molar-refractivity contribution in [1.29, 1.82) is 0 Å². The molecule has 0 aliphatic carbocycles. The highest BCUT2D eigenvalue weighted by Gasteiger charge is 1.75. The topological polar surface area (TPSA) is 98.6 Å².